The Kier molecular flexibility index (Phi) is 7.06. The molecular weight excluding hydrogens is 414 g/mol. The van der Waals surface area contributed by atoms with Crippen LogP contribution in [0.25, 0.3) is 12.2 Å². The number of benzene rings is 2. The number of carbonyl (C=O) groups is 2. The predicted molar refractivity (Wildman–Crippen MR) is 130 cm³/mol. The topological polar surface area (TPSA) is 72.9 Å². The molecule has 2 aromatic carbocycles. The molecule has 2 N–H and O–H groups in total. The molecule has 6 heteroatoms. The van der Waals surface area contributed by atoms with Crippen molar-refractivity contribution in [1.29, 1.82) is 0 Å². The zero-order valence-electron chi connectivity index (χ0n) is 19.0. The molecule has 2 amide bonds. The van der Waals surface area contributed by atoms with Gasteiger partial charge in [-0.2, -0.15) is 0 Å². The summed E-state index contributed by atoms with van der Waals surface area (Å²) in [6.07, 6.45) is 4.44. The van der Waals surface area contributed by atoms with Crippen LogP contribution >= 0.6 is 0 Å². The second-order valence-electron chi connectivity index (χ2n) is 8.75. The van der Waals surface area contributed by atoms with Crippen molar-refractivity contribution in [3.63, 3.8) is 0 Å². The molecule has 4 rings (SSSR count). The van der Waals surface area contributed by atoms with Crippen LogP contribution < -0.4 is 5.32 Å². The summed E-state index contributed by atoms with van der Waals surface area (Å²) in [5.41, 5.74) is 5.35. The Morgan fingerprint density at radius 2 is 1.55 bits per heavy atom. The fraction of sp³-hybridized carbons (Fsp3) is 0.333. The number of piperazine rings is 1. The molecule has 1 atom stereocenters. The normalized spacial score (nSPS) is 17.0. The van der Waals surface area contributed by atoms with Crippen molar-refractivity contribution >= 4 is 24.0 Å². The van der Waals surface area contributed by atoms with Crippen molar-refractivity contribution in [1.82, 2.24) is 15.1 Å². The third-order valence-corrected chi connectivity index (χ3v) is 6.42. The molecule has 1 aliphatic carbocycles. The number of aliphatic hydroxyl groups excluding tert-OH is 1. The van der Waals surface area contributed by atoms with E-state index >= 15 is 0 Å². The summed E-state index contributed by atoms with van der Waals surface area (Å²) in [6.45, 7) is 7.64. The number of aliphatic hydroxyl groups is 1. The summed E-state index contributed by atoms with van der Waals surface area (Å²) in [6, 6.07) is 16.5. The van der Waals surface area contributed by atoms with Crippen LogP contribution in [0.2, 0.25) is 0 Å². The van der Waals surface area contributed by atoms with Gasteiger partial charge in [0.15, 0.2) is 0 Å². The maximum Gasteiger partial charge on any atom is 0.246 e. The summed E-state index contributed by atoms with van der Waals surface area (Å²) in [4.78, 5) is 29.0. The lowest BCUT2D eigenvalue weighted by molar-refractivity contribution is -0.134. The number of rotatable bonds is 6. The van der Waals surface area contributed by atoms with Crippen LogP contribution in [-0.4, -0.2) is 65.5 Å². The highest BCUT2D eigenvalue weighted by Gasteiger charge is 2.31. The van der Waals surface area contributed by atoms with Crippen LogP contribution in [0.5, 0.6) is 0 Å². The summed E-state index contributed by atoms with van der Waals surface area (Å²) >= 11 is 0. The quantitative estimate of drug-likeness (QED) is 0.671. The zero-order valence-corrected chi connectivity index (χ0v) is 19.0. The van der Waals surface area contributed by atoms with Gasteiger partial charge in [0.25, 0.3) is 0 Å². The fourth-order valence-electron chi connectivity index (χ4n) is 4.60. The first-order chi connectivity index (χ1) is 16.0. The Hall–Kier alpha value is -3.22. The number of nitrogens with zero attached hydrogens (tertiary/aromatic N) is 2. The van der Waals surface area contributed by atoms with Gasteiger partial charge in [0, 0.05) is 38.2 Å². The van der Waals surface area contributed by atoms with Crippen molar-refractivity contribution in [2.45, 2.75) is 25.4 Å². The van der Waals surface area contributed by atoms with E-state index in [0.717, 1.165) is 13.1 Å². The van der Waals surface area contributed by atoms with E-state index in [1.165, 1.54) is 22.3 Å². The van der Waals surface area contributed by atoms with Gasteiger partial charge < -0.3 is 15.3 Å². The first kappa shape index (κ1) is 23.0. The van der Waals surface area contributed by atoms with Crippen LogP contribution in [0.15, 0.2) is 60.7 Å². The maximum atomic E-state index is 12.9. The van der Waals surface area contributed by atoms with E-state index in [2.05, 4.69) is 77.5 Å². The van der Waals surface area contributed by atoms with Crippen molar-refractivity contribution in [3.8, 4) is 0 Å². The van der Waals surface area contributed by atoms with Crippen LogP contribution in [0, 0.1) is 0 Å². The lowest BCUT2D eigenvalue weighted by Crippen LogP contribution is -2.51. The maximum absolute atomic E-state index is 12.9. The number of carbonyl (C=O) groups excluding carboxylic acids is 2. The number of hydrogen-bond donors (Lipinski definition) is 2. The number of fused-ring (bicyclic) bond motifs is 2. The summed E-state index contributed by atoms with van der Waals surface area (Å²) in [5.74, 6) is -0.398. The van der Waals surface area contributed by atoms with Crippen LogP contribution in [-0.2, 0) is 9.59 Å². The smallest absolute Gasteiger partial charge is 0.246 e. The van der Waals surface area contributed by atoms with E-state index in [1.54, 1.807) is 6.92 Å². The molecule has 2 aliphatic rings. The van der Waals surface area contributed by atoms with E-state index in [4.69, 9.17) is 0 Å². The van der Waals surface area contributed by atoms with E-state index in [-0.39, 0.29) is 30.9 Å². The Morgan fingerprint density at radius 3 is 2.06 bits per heavy atom. The largest absolute Gasteiger partial charge is 0.394 e. The van der Waals surface area contributed by atoms with Gasteiger partial charge in [0.05, 0.1) is 18.7 Å². The number of amides is 2. The van der Waals surface area contributed by atoms with Crippen LogP contribution in [0.4, 0.5) is 0 Å². The van der Waals surface area contributed by atoms with Gasteiger partial charge in [0.1, 0.15) is 0 Å². The predicted octanol–water partition coefficient (Wildman–Crippen LogP) is 2.85. The molecule has 0 aromatic heterocycles. The SMILES string of the molecule is C=C(C)C(=O)NC(CO)CC(=O)N1CCN(C2c3ccccc3C=Cc3ccccc32)CC1. The molecule has 0 saturated carbocycles. The molecule has 1 heterocycles. The standard InChI is InChI=1S/C27H31N3O3/c1-19(2)27(33)28-22(18-31)17-25(32)29-13-15-30(16-14-29)26-23-9-5-3-7-20(23)11-12-21-8-4-6-10-24(21)26/h3-12,22,26,31H,1,13-18H2,2H3,(H,28,33). The molecular formula is C27H31N3O3. The Labute approximate surface area is 195 Å². The van der Waals surface area contributed by atoms with Crippen molar-refractivity contribution < 1.29 is 14.7 Å². The lowest BCUT2D eigenvalue weighted by atomic mass is 9.92. The highest BCUT2D eigenvalue weighted by atomic mass is 16.3. The Bertz CT molecular complexity index is 1020. The second-order valence-corrected chi connectivity index (χ2v) is 8.75. The van der Waals surface area contributed by atoms with Crippen LogP contribution in [0.3, 0.4) is 0 Å². The molecule has 1 unspecified atom stereocenters. The van der Waals surface area contributed by atoms with Gasteiger partial charge in [-0.05, 0) is 29.2 Å². The van der Waals surface area contributed by atoms with Gasteiger partial charge in [-0.15, -0.1) is 0 Å². The minimum atomic E-state index is -0.605. The van der Waals surface area contributed by atoms with Gasteiger partial charge >= 0.3 is 0 Å². The Morgan fingerprint density at radius 1 is 1.00 bits per heavy atom. The number of hydrogen-bond acceptors (Lipinski definition) is 4. The van der Waals surface area contributed by atoms with Crippen molar-refractivity contribution in [2.75, 3.05) is 32.8 Å². The minimum Gasteiger partial charge on any atom is -0.394 e. The van der Waals surface area contributed by atoms with Gasteiger partial charge in [-0.3, -0.25) is 14.5 Å². The molecule has 1 saturated heterocycles. The van der Waals surface area contributed by atoms with Crippen molar-refractivity contribution in [2.24, 2.45) is 0 Å². The second kappa shape index (κ2) is 10.1. The van der Waals surface area contributed by atoms with E-state index in [1.807, 2.05) is 4.90 Å². The first-order valence-corrected chi connectivity index (χ1v) is 11.4. The molecule has 2 aromatic rings. The molecule has 33 heavy (non-hydrogen) atoms. The zero-order chi connectivity index (χ0) is 23.4. The van der Waals surface area contributed by atoms with E-state index in [9.17, 15) is 14.7 Å². The molecule has 6 nitrogen and oxygen atoms in total. The average Bonchev–Trinajstić information content (AvgIpc) is 3.00. The molecule has 172 valence electrons. The fourth-order valence-corrected chi connectivity index (χ4v) is 4.60. The highest BCUT2D eigenvalue weighted by Crippen LogP contribution is 2.37. The lowest BCUT2D eigenvalue weighted by Gasteiger charge is -2.40. The first-order valence-electron chi connectivity index (χ1n) is 11.4. The molecule has 0 spiro atoms. The third-order valence-electron chi connectivity index (χ3n) is 6.42. The van der Waals surface area contributed by atoms with Gasteiger partial charge in [0.2, 0.25) is 11.8 Å². The monoisotopic (exact) mass is 445 g/mol. The Balaban J connectivity index is 1.46. The van der Waals surface area contributed by atoms with E-state index < -0.39 is 6.04 Å². The van der Waals surface area contributed by atoms with Crippen LogP contribution in [0.1, 0.15) is 41.6 Å². The molecule has 0 radical (unpaired) electrons. The van der Waals surface area contributed by atoms with Gasteiger partial charge in [-0.1, -0.05) is 67.3 Å². The molecule has 0 bridgehead atoms. The number of nitrogens with one attached hydrogen (secondary N) is 1. The average molecular weight is 446 g/mol. The van der Waals surface area contributed by atoms with Crippen molar-refractivity contribution in [3.05, 3.63) is 82.9 Å². The minimum absolute atomic E-state index is 0.0564. The summed E-state index contributed by atoms with van der Waals surface area (Å²) < 4.78 is 0. The highest BCUT2D eigenvalue weighted by molar-refractivity contribution is 5.92. The molecule has 1 fully saturated rings. The summed E-state index contributed by atoms with van der Waals surface area (Å²) in [5, 5.41) is 12.3. The van der Waals surface area contributed by atoms with E-state index in [0.29, 0.717) is 18.7 Å². The van der Waals surface area contributed by atoms with Gasteiger partial charge in [-0.25, -0.2) is 0 Å². The molecule has 1 aliphatic heterocycles. The third kappa shape index (κ3) is 5.07. The summed E-state index contributed by atoms with van der Waals surface area (Å²) in [7, 11) is 0.